The summed E-state index contributed by atoms with van der Waals surface area (Å²) in [6.07, 6.45) is -3.30. The van der Waals surface area contributed by atoms with E-state index >= 15 is 0 Å². The monoisotopic (exact) mass is 486 g/mol. The largest absolute Gasteiger partial charge is 0.416 e. The van der Waals surface area contributed by atoms with Crippen LogP contribution < -0.4 is 17.0 Å². The molecule has 0 aliphatic carbocycles. The first-order valence-electron chi connectivity index (χ1n) is 11.7. The van der Waals surface area contributed by atoms with Crippen LogP contribution >= 0.6 is 0 Å². The predicted molar refractivity (Wildman–Crippen MR) is 128 cm³/mol. The molecule has 0 saturated heterocycles. The van der Waals surface area contributed by atoms with E-state index in [0.29, 0.717) is 56.7 Å². The number of halogens is 3. The van der Waals surface area contributed by atoms with Crippen molar-refractivity contribution in [1.29, 1.82) is 0 Å². The lowest BCUT2D eigenvalue weighted by molar-refractivity contribution is -0.137. The Balaban J connectivity index is 1.69. The molecule has 0 atom stereocenters. The third-order valence-corrected chi connectivity index (χ3v) is 6.38. The number of benzene rings is 2. The zero-order chi connectivity index (χ0) is 25.2. The number of hydrogen-bond acceptors (Lipinski definition) is 4. The second-order valence-electron chi connectivity index (χ2n) is 9.04. The summed E-state index contributed by atoms with van der Waals surface area (Å²) in [6.45, 7) is 4.53. The summed E-state index contributed by atoms with van der Waals surface area (Å²) in [5.74, 6) is 0. The van der Waals surface area contributed by atoms with Gasteiger partial charge in [-0.25, -0.2) is 4.79 Å². The highest BCUT2D eigenvalue weighted by Crippen LogP contribution is 2.29. The fraction of sp³-hybridized carbons (Fsp3) is 0.385. The van der Waals surface area contributed by atoms with Crippen molar-refractivity contribution in [2.45, 2.75) is 52.1 Å². The lowest BCUT2D eigenvalue weighted by Crippen LogP contribution is -2.47. The maximum Gasteiger partial charge on any atom is 0.416 e. The minimum Gasteiger partial charge on any atom is -0.330 e. The number of alkyl halides is 3. The van der Waals surface area contributed by atoms with Gasteiger partial charge >= 0.3 is 11.9 Å². The van der Waals surface area contributed by atoms with Gasteiger partial charge in [-0.1, -0.05) is 42.0 Å². The molecule has 1 aliphatic rings. The molecule has 1 aromatic heterocycles. The van der Waals surface area contributed by atoms with Crippen molar-refractivity contribution in [1.82, 2.24) is 14.0 Å². The van der Waals surface area contributed by atoms with Crippen LogP contribution in [0.3, 0.4) is 0 Å². The maximum atomic E-state index is 13.5. The van der Waals surface area contributed by atoms with Crippen LogP contribution in [0.4, 0.5) is 13.2 Å². The summed E-state index contributed by atoms with van der Waals surface area (Å²) >= 11 is 0. The molecule has 35 heavy (non-hydrogen) atoms. The van der Waals surface area contributed by atoms with E-state index in [1.54, 1.807) is 4.57 Å². The molecule has 2 N–H and O–H groups in total. The summed E-state index contributed by atoms with van der Waals surface area (Å²) in [4.78, 5) is 28.9. The van der Waals surface area contributed by atoms with Crippen molar-refractivity contribution >= 4 is 0 Å². The number of hydrogen-bond donors (Lipinski definition) is 1. The Hall–Kier alpha value is -3.17. The minimum atomic E-state index is -4.45. The SMILES string of the molecule is Cc1cccc(CN2CCc3c(c(=O)n(Cc4ccc(C(F)(F)F)cc4)c(=O)n3CCCN)C2)c1. The van der Waals surface area contributed by atoms with Gasteiger partial charge in [0, 0.05) is 38.3 Å². The molecule has 0 radical (unpaired) electrons. The molecule has 2 heterocycles. The molecule has 0 bridgehead atoms. The Bertz CT molecular complexity index is 1310. The number of nitrogens with zero attached hydrogens (tertiary/aromatic N) is 3. The molecule has 3 aromatic rings. The average Bonchev–Trinajstić information content (AvgIpc) is 2.82. The molecule has 2 aromatic carbocycles. The summed E-state index contributed by atoms with van der Waals surface area (Å²) in [5, 5.41) is 0. The van der Waals surface area contributed by atoms with Crippen molar-refractivity contribution < 1.29 is 13.2 Å². The fourth-order valence-corrected chi connectivity index (χ4v) is 4.61. The normalized spacial score (nSPS) is 14.2. The zero-order valence-electron chi connectivity index (χ0n) is 19.6. The number of nitrogens with two attached hydrogens (primary N) is 1. The first-order valence-corrected chi connectivity index (χ1v) is 11.7. The molecule has 9 heteroatoms. The Kier molecular flexibility index (Phi) is 7.28. The third kappa shape index (κ3) is 5.57. The van der Waals surface area contributed by atoms with Gasteiger partial charge in [0.05, 0.1) is 17.7 Å². The first-order chi connectivity index (χ1) is 16.7. The minimum absolute atomic E-state index is 0.0937. The first kappa shape index (κ1) is 24.9. The summed E-state index contributed by atoms with van der Waals surface area (Å²) in [6, 6.07) is 12.7. The van der Waals surface area contributed by atoms with Crippen LogP contribution in [0.5, 0.6) is 0 Å². The van der Waals surface area contributed by atoms with Gasteiger partial charge in [0.25, 0.3) is 5.56 Å². The second kappa shape index (κ2) is 10.2. The van der Waals surface area contributed by atoms with E-state index in [1.807, 2.05) is 25.1 Å². The predicted octanol–water partition coefficient (Wildman–Crippen LogP) is 3.29. The van der Waals surface area contributed by atoms with E-state index in [4.69, 9.17) is 5.73 Å². The highest BCUT2D eigenvalue weighted by Gasteiger charge is 2.30. The molecule has 1 aliphatic heterocycles. The van der Waals surface area contributed by atoms with Crippen molar-refractivity contribution in [3.63, 3.8) is 0 Å². The van der Waals surface area contributed by atoms with Crippen molar-refractivity contribution in [3.05, 3.63) is 103 Å². The molecule has 0 saturated carbocycles. The number of fused-ring (bicyclic) bond motifs is 1. The van der Waals surface area contributed by atoms with E-state index in [0.717, 1.165) is 33.5 Å². The average molecular weight is 487 g/mol. The van der Waals surface area contributed by atoms with Gasteiger partial charge in [0.1, 0.15) is 0 Å². The lowest BCUT2D eigenvalue weighted by Gasteiger charge is -2.30. The Labute approximate surface area is 201 Å². The van der Waals surface area contributed by atoms with E-state index in [9.17, 15) is 22.8 Å². The Morgan fingerprint density at radius 3 is 2.37 bits per heavy atom. The van der Waals surface area contributed by atoms with Crippen molar-refractivity contribution in [2.75, 3.05) is 13.1 Å². The Morgan fingerprint density at radius 1 is 0.971 bits per heavy atom. The van der Waals surface area contributed by atoms with E-state index in [2.05, 4.69) is 11.0 Å². The van der Waals surface area contributed by atoms with Gasteiger partial charge in [0.15, 0.2) is 0 Å². The number of rotatable bonds is 7. The van der Waals surface area contributed by atoms with Crippen molar-refractivity contribution in [2.24, 2.45) is 5.73 Å². The van der Waals surface area contributed by atoms with Gasteiger partial charge < -0.3 is 5.73 Å². The van der Waals surface area contributed by atoms with Crippen LogP contribution in [0.15, 0.2) is 58.1 Å². The highest BCUT2D eigenvalue weighted by molar-refractivity contribution is 5.27. The van der Waals surface area contributed by atoms with Crippen LogP contribution in [0, 0.1) is 6.92 Å². The van der Waals surface area contributed by atoms with Crippen LogP contribution in [-0.2, 0) is 38.8 Å². The molecule has 4 rings (SSSR count). The molecule has 0 amide bonds. The molecular formula is C26H29F3N4O2. The van der Waals surface area contributed by atoms with Crippen LogP contribution in [0.1, 0.15) is 39.9 Å². The molecule has 6 nitrogen and oxygen atoms in total. The molecule has 0 fully saturated rings. The van der Waals surface area contributed by atoms with Crippen LogP contribution in [0.25, 0.3) is 0 Å². The van der Waals surface area contributed by atoms with E-state index in [1.165, 1.54) is 12.1 Å². The molecule has 0 spiro atoms. The van der Waals surface area contributed by atoms with Gasteiger partial charge in [-0.3, -0.25) is 18.8 Å². The quantitative estimate of drug-likeness (QED) is 0.556. The molecule has 186 valence electrons. The Morgan fingerprint density at radius 2 is 1.71 bits per heavy atom. The summed E-state index contributed by atoms with van der Waals surface area (Å²) in [5.41, 5.74) is 8.13. The zero-order valence-corrected chi connectivity index (χ0v) is 19.6. The highest BCUT2D eigenvalue weighted by atomic mass is 19.4. The molecule has 0 unspecified atom stereocenters. The topological polar surface area (TPSA) is 73.3 Å². The summed E-state index contributed by atoms with van der Waals surface area (Å²) < 4.78 is 41.5. The van der Waals surface area contributed by atoms with Gasteiger partial charge in [-0.2, -0.15) is 13.2 Å². The van der Waals surface area contributed by atoms with Crippen molar-refractivity contribution in [3.8, 4) is 0 Å². The number of aromatic nitrogens is 2. The number of aryl methyl sites for hydroxylation is 1. The second-order valence-corrected chi connectivity index (χ2v) is 9.04. The van der Waals surface area contributed by atoms with Gasteiger partial charge in [-0.15, -0.1) is 0 Å². The van der Waals surface area contributed by atoms with Crippen LogP contribution in [-0.4, -0.2) is 27.1 Å². The maximum absolute atomic E-state index is 13.5. The fourth-order valence-electron chi connectivity index (χ4n) is 4.61. The van der Waals surface area contributed by atoms with E-state index < -0.39 is 17.4 Å². The lowest BCUT2D eigenvalue weighted by atomic mass is 10.0. The van der Waals surface area contributed by atoms with E-state index in [-0.39, 0.29) is 12.1 Å². The molecular weight excluding hydrogens is 457 g/mol. The smallest absolute Gasteiger partial charge is 0.330 e. The third-order valence-electron chi connectivity index (χ3n) is 6.38. The standard InChI is InChI=1S/C26H29F3N4O2/c1-18-4-2-5-20(14-18)15-31-13-10-23-22(17-31)24(34)33(25(35)32(23)12-3-11-30)16-19-6-8-21(9-7-19)26(27,28)29/h2,4-9,14H,3,10-13,15-17,30H2,1H3. The van der Waals surface area contributed by atoms with Crippen LogP contribution in [0.2, 0.25) is 0 Å². The summed E-state index contributed by atoms with van der Waals surface area (Å²) in [7, 11) is 0. The van der Waals surface area contributed by atoms with Gasteiger partial charge in [-0.05, 0) is 43.1 Å². The van der Waals surface area contributed by atoms with Gasteiger partial charge in [0.2, 0.25) is 0 Å².